The van der Waals surface area contributed by atoms with E-state index in [2.05, 4.69) is 32.9 Å². The van der Waals surface area contributed by atoms with E-state index in [9.17, 15) is 4.79 Å². The van der Waals surface area contributed by atoms with Crippen molar-refractivity contribution >= 4 is 33.0 Å². The number of nitrogens with zero attached hydrogens (tertiary/aromatic N) is 3. The molecule has 3 rings (SSSR count). The third-order valence-corrected chi connectivity index (χ3v) is 5.49. The van der Waals surface area contributed by atoms with Crippen LogP contribution >= 0.6 is 27.3 Å². The highest BCUT2D eigenvalue weighted by molar-refractivity contribution is 9.10. The molecule has 1 aliphatic heterocycles. The summed E-state index contributed by atoms with van der Waals surface area (Å²) in [6, 6.07) is 3.74. The zero-order chi connectivity index (χ0) is 14.8. The fourth-order valence-corrected chi connectivity index (χ4v) is 4.16. The van der Waals surface area contributed by atoms with Gasteiger partial charge in [-0.15, -0.1) is 11.3 Å². The minimum Gasteiger partial charge on any atom is -0.370 e. The molecule has 0 spiro atoms. The van der Waals surface area contributed by atoms with Crippen LogP contribution in [0.25, 0.3) is 0 Å². The third kappa shape index (κ3) is 3.55. The van der Waals surface area contributed by atoms with Crippen molar-refractivity contribution in [2.45, 2.75) is 26.3 Å². The molecule has 2 aromatic heterocycles. The monoisotopic (exact) mass is 367 g/mol. The van der Waals surface area contributed by atoms with Crippen LogP contribution < -0.4 is 10.5 Å². The number of thiophene rings is 1. The highest BCUT2D eigenvalue weighted by atomic mass is 79.9. The van der Waals surface area contributed by atoms with E-state index in [4.69, 9.17) is 0 Å². The largest absolute Gasteiger partial charge is 0.370 e. The molecule has 1 saturated heterocycles. The van der Waals surface area contributed by atoms with Crippen LogP contribution in [0.4, 0.5) is 5.69 Å². The SMILES string of the molecule is CC1CCCN(c2cnn(Cc3cc(Br)cs3)c(=O)c2)C1. The van der Waals surface area contributed by atoms with E-state index in [1.165, 1.54) is 17.5 Å². The minimum atomic E-state index is -0.0322. The standard InChI is InChI=1S/C15H18BrN3OS/c1-11-3-2-4-18(8-11)13-6-15(20)19(17-7-13)9-14-5-12(16)10-21-14/h5-7,10-11H,2-4,8-9H2,1H3. The maximum atomic E-state index is 12.2. The van der Waals surface area contributed by atoms with Crippen LogP contribution in [0.2, 0.25) is 0 Å². The lowest BCUT2D eigenvalue weighted by atomic mass is 10.00. The maximum absolute atomic E-state index is 12.2. The van der Waals surface area contributed by atoms with Crippen LogP contribution in [0.1, 0.15) is 24.6 Å². The van der Waals surface area contributed by atoms with Gasteiger partial charge in [-0.1, -0.05) is 6.92 Å². The molecule has 1 aliphatic rings. The van der Waals surface area contributed by atoms with Crippen molar-refractivity contribution in [2.24, 2.45) is 5.92 Å². The Kier molecular flexibility index (Phi) is 4.45. The average molecular weight is 368 g/mol. The van der Waals surface area contributed by atoms with Crippen molar-refractivity contribution < 1.29 is 0 Å². The van der Waals surface area contributed by atoms with Crippen LogP contribution in [-0.4, -0.2) is 22.9 Å². The summed E-state index contributed by atoms with van der Waals surface area (Å²) in [5.41, 5.74) is 0.922. The van der Waals surface area contributed by atoms with E-state index in [0.717, 1.165) is 28.1 Å². The summed E-state index contributed by atoms with van der Waals surface area (Å²) in [4.78, 5) is 15.6. The average Bonchev–Trinajstić information content (AvgIpc) is 2.86. The molecule has 0 radical (unpaired) electrons. The van der Waals surface area contributed by atoms with Gasteiger partial charge in [-0.05, 0) is 40.8 Å². The lowest BCUT2D eigenvalue weighted by molar-refractivity contribution is 0.445. The van der Waals surface area contributed by atoms with Gasteiger partial charge in [0.25, 0.3) is 5.56 Å². The molecule has 0 saturated carbocycles. The summed E-state index contributed by atoms with van der Waals surface area (Å²) in [6.45, 7) is 4.83. The van der Waals surface area contributed by atoms with Crippen LogP contribution in [-0.2, 0) is 6.54 Å². The molecule has 0 amide bonds. The zero-order valence-electron chi connectivity index (χ0n) is 12.0. The smallest absolute Gasteiger partial charge is 0.269 e. The van der Waals surface area contributed by atoms with E-state index >= 15 is 0 Å². The van der Waals surface area contributed by atoms with Gasteiger partial charge in [0.1, 0.15) is 0 Å². The normalized spacial score (nSPS) is 19.0. The molecule has 3 heterocycles. The van der Waals surface area contributed by atoms with E-state index in [1.807, 2.05) is 17.6 Å². The molecule has 0 aromatic carbocycles. The predicted octanol–water partition coefficient (Wildman–Crippen LogP) is 3.35. The van der Waals surface area contributed by atoms with Crippen molar-refractivity contribution in [3.05, 3.63) is 43.4 Å². The molecule has 2 aromatic rings. The lowest BCUT2D eigenvalue weighted by Crippen LogP contribution is -2.35. The molecule has 112 valence electrons. The molecule has 1 atom stereocenters. The number of aromatic nitrogens is 2. The third-order valence-electron chi connectivity index (χ3n) is 3.80. The van der Waals surface area contributed by atoms with Gasteiger partial charge in [0.2, 0.25) is 0 Å². The second kappa shape index (κ2) is 6.32. The summed E-state index contributed by atoms with van der Waals surface area (Å²) in [5.74, 6) is 0.685. The Hall–Kier alpha value is -1.14. The van der Waals surface area contributed by atoms with Gasteiger partial charge in [0.05, 0.1) is 18.4 Å². The van der Waals surface area contributed by atoms with E-state index in [0.29, 0.717) is 12.5 Å². The first-order valence-corrected chi connectivity index (χ1v) is 8.84. The van der Waals surface area contributed by atoms with Crippen molar-refractivity contribution in [3.63, 3.8) is 0 Å². The Morgan fingerprint density at radius 1 is 1.48 bits per heavy atom. The zero-order valence-corrected chi connectivity index (χ0v) is 14.4. The van der Waals surface area contributed by atoms with Crippen molar-refractivity contribution in [1.82, 2.24) is 9.78 Å². The van der Waals surface area contributed by atoms with Gasteiger partial charge in [0, 0.05) is 33.9 Å². The Bertz CT molecular complexity index is 682. The topological polar surface area (TPSA) is 38.1 Å². The first kappa shape index (κ1) is 14.8. The van der Waals surface area contributed by atoms with Gasteiger partial charge in [-0.3, -0.25) is 4.79 Å². The molecule has 1 fully saturated rings. The molecule has 0 bridgehead atoms. The molecule has 4 nitrogen and oxygen atoms in total. The van der Waals surface area contributed by atoms with Gasteiger partial charge in [-0.2, -0.15) is 5.10 Å². The van der Waals surface area contributed by atoms with Crippen LogP contribution in [0, 0.1) is 5.92 Å². The number of rotatable bonds is 3. The maximum Gasteiger partial charge on any atom is 0.269 e. The number of piperidine rings is 1. The number of hydrogen-bond donors (Lipinski definition) is 0. The molecule has 6 heteroatoms. The van der Waals surface area contributed by atoms with Gasteiger partial charge < -0.3 is 4.90 Å². The molecule has 1 unspecified atom stereocenters. The predicted molar refractivity (Wildman–Crippen MR) is 90.2 cm³/mol. The second-order valence-electron chi connectivity index (χ2n) is 5.63. The molecule has 21 heavy (non-hydrogen) atoms. The quantitative estimate of drug-likeness (QED) is 0.834. The van der Waals surface area contributed by atoms with Crippen LogP contribution in [0.3, 0.4) is 0 Å². The fourth-order valence-electron chi connectivity index (χ4n) is 2.72. The summed E-state index contributed by atoms with van der Waals surface area (Å²) in [5, 5.41) is 6.35. The molecular weight excluding hydrogens is 350 g/mol. The van der Waals surface area contributed by atoms with E-state index < -0.39 is 0 Å². The molecular formula is C15H18BrN3OS. The highest BCUT2D eigenvalue weighted by Gasteiger charge is 2.17. The Balaban J connectivity index is 1.78. The van der Waals surface area contributed by atoms with Gasteiger partial charge >= 0.3 is 0 Å². The summed E-state index contributed by atoms with van der Waals surface area (Å²) in [6.07, 6.45) is 4.28. The van der Waals surface area contributed by atoms with E-state index in [-0.39, 0.29) is 5.56 Å². The second-order valence-corrected chi connectivity index (χ2v) is 7.55. The number of hydrogen-bond acceptors (Lipinski definition) is 4. The van der Waals surface area contributed by atoms with Gasteiger partial charge in [-0.25, -0.2) is 4.68 Å². The number of halogens is 1. The van der Waals surface area contributed by atoms with Crippen LogP contribution in [0.5, 0.6) is 0 Å². The van der Waals surface area contributed by atoms with Gasteiger partial charge in [0.15, 0.2) is 0 Å². The van der Waals surface area contributed by atoms with Crippen molar-refractivity contribution in [1.29, 1.82) is 0 Å². The minimum absolute atomic E-state index is 0.0322. The highest BCUT2D eigenvalue weighted by Crippen LogP contribution is 2.22. The summed E-state index contributed by atoms with van der Waals surface area (Å²) >= 11 is 5.06. The molecule has 0 aliphatic carbocycles. The lowest BCUT2D eigenvalue weighted by Gasteiger charge is -2.32. The summed E-state index contributed by atoms with van der Waals surface area (Å²) in [7, 11) is 0. The first-order chi connectivity index (χ1) is 10.1. The van der Waals surface area contributed by atoms with Crippen molar-refractivity contribution in [3.8, 4) is 0 Å². The van der Waals surface area contributed by atoms with E-state index in [1.54, 1.807) is 17.4 Å². The molecule has 0 N–H and O–H groups in total. The van der Waals surface area contributed by atoms with Crippen molar-refractivity contribution in [2.75, 3.05) is 18.0 Å². The fraction of sp³-hybridized carbons (Fsp3) is 0.467. The summed E-state index contributed by atoms with van der Waals surface area (Å²) < 4.78 is 2.57. The number of anilines is 1. The van der Waals surface area contributed by atoms with Crippen LogP contribution in [0.15, 0.2) is 33.0 Å². The Morgan fingerprint density at radius 3 is 3.00 bits per heavy atom. The Labute approximate surface area is 136 Å². The first-order valence-electron chi connectivity index (χ1n) is 7.17. The Morgan fingerprint density at radius 2 is 2.33 bits per heavy atom.